The predicted octanol–water partition coefficient (Wildman–Crippen LogP) is 3.01. The number of sulfonamides is 1. The Balaban J connectivity index is 2.40. The Hall–Kier alpha value is -3.19. The second kappa shape index (κ2) is 9.53. The number of ether oxygens (including phenoxy) is 3. The third-order valence-electron chi connectivity index (χ3n) is 3.68. The number of alkyl halides is 2. The molecule has 1 amide bonds. The molecular weight excluding hydrogens is 454 g/mol. The Bertz CT molecular complexity index is 1110. The molecule has 0 saturated carbocycles. The topological polar surface area (TPSA) is 133 Å². The number of furan rings is 1. The molecule has 0 atom stereocenters. The molecule has 0 aliphatic heterocycles. The third-order valence-corrected chi connectivity index (χ3v) is 5.31. The average molecular weight is 476 g/mol. The molecule has 176 valence electrons. The number of halogens is 2. The molecule has 0 fully saturated rings. The van der Waals surface area contributed by atoms with Crippen molar-refractivity contribution in [1.82, 2.24) is 4.72 Å². The Morgan fingerprint density at radius 2 is 1.75 bits per heavy atom. The summed E-state index contributed by atoms with van der Waals surface area (Å²) >= 11 is 0. The highest BCUT2D eigenvalue weighted by molar-refractivity contribution is 7.89. The number of hydrogen-bond acceptors (Lipinski definition) is 8. The highest BCUT2D eigenvalue weighted by atomic mass is 32.2. The SMILES string of the molecule is COC(=O)c1cc(OC)c(OC(F)F)cc1NC(=O)c1ccc(S(=O)(=O)NC(C)(C)C)o1. The lowest BCUT2D eigenvalue weighted by Gasteiger charge is -2.19. The summed E-state index contributed by atoms with van der Waals surface area (Å²) in [6.07, 6.45) is 0. The van der Waals surface area contributed by atoms with Crippen molar-refractivity contribution in [3.8, 4) is 11.5 Å². The molecule has 0 aliphatic carbocycles. The average Bonchev–Trinajstić information content (AvgIpc) is 3.16. The van der Waals surface area contributed by atoms with Crippen molar-refractivity contribution in [2.45, 2.75) is 38.0 Å². The van der Waals surface area contributed by atoms with Crippen LogP contribution in [0.15, 0.2) is 33.8 Å². The quantitative estimate of drug-likeness (QED) is 0.556. The van der Waals surface area contributed by atoms with Crippen molar-refractivity contribution in [2.24, 2.45) is 0 Å². The Kier molecular flexibility index (Phi) is 7.46. The first-order valence-electron chi connectivity index (χ1n) is 8.97. The van der Waals surface area contributed by atoms with E-state index in [2.05, 4.69) is 19.5 Å². The van der Waals surface area contributed by atoms with Gasteiger partial charge in [0.05, 0.1) is 25.5 Å². The van der Waals surface area contributed by atoms with Gasteiger partial charge in [-0.3, -0.25) is 4.79 Å². The highest BCUT2D eigenvalue weighted by Gasteiger charge is 2.27. The van der Waals surface area contributed by atoms with Crippen LogP contribution in [0.4, 0.5) is 14.5 Å². The van der Waals surface area contributed by atoms with E-state index < -0.39 is 50.7 Å². The fraction of sp³-hybridized carbons (Fsp3) is 0.368. The summed E-state index contributed by atoms with van der Waals surface area (Å²) in [6.45, 7) is 1.67. The molecule has 1 aromatic carbocycles. The zero-order valence-electron chi connectivity index (χ0n) is 17.8. The van der Waals surface area contributed by atoms with E-state index in [-0.39, 0.29) is 17.0 Å². The first kappa shape index (κ1) is 25.1. The van der Waals surface area contributed by atoms with Gasteiger partial charge in [0.2, 0.25) is 5.09 Å². The summed E-state index contributed by atoms with van der Waals surface area (Å²) in [7, 11) is -1.80. The monoisotopic (exact) mass is 476 g/mol. The number of hydrogen-bond donors (Lipinski definition) is 2. The number of amides is 1. The number of rotatable bonds is 8. The van der Waals surface area contributed by atoms with Gasteiger partial charge in [0, 0.05) is 17.7 Å². The predicted molar refractivity (Wildman–Crippen MR) is 108 cm³/mol. The van der Waals surface area contributed by atoms with Crippen molar-refractivity contribution in [2.75, 3.05) is 19.5 Å². The number of carbonyl (C=O) groups excluding carboxylic acids is 2. The molecule has 1 aromatic heterocycles. The Labute approximate surface area is 182 Å². The third kappa shape index (κ3) is 6.17. The molecule has 2 N–H and O–H groups in total. The van der Waals surface area contributed by atoms with E-state index in [0.29, 0.717) is 0 Å². The minimum atomic E-state index is -4.05. The fourth-order valence-electron chi connectivity index (χ4n) is 2.51. The van der Waals surface area contributed by atoms with Gasteiger partial charge in [-0.2, -0.15) is 8.78 Å². The number of carbonyl (C=O) groups is 2. The van der Waals surface area contributed by atoms with Gasteiger partial charge in [0.15, 0.2) is 17.3 Å². The molecule has 0 saturated heterocycles. The zero-order chi connectivity index (χ0) is 24.3. The van der Waals surface area contributed by atoms with E-state index in [0.717, 1.165) is 31.4 Å². The Morgan fingerprint density at radius 1 is 1.09 bits per heavy atom. The minimum absolute atomic E-state index is 0.205. The van der Waals surface area contributed by atoms with E-state index in [1.54, 1.807) is 20.8 Å². The van der Waals surface area contributed by atoms with Gasteiger partial charge >= 0.3 is 12.6 Å². The van der Waals surface area contributed by atoms with E-state index in [9.17, 15) is 26.8 Å². The molecule has 10 nitrogen and oxygen atoms in total. The lowest BCUT2D eigenvalue weighted by Crippen LogP contribution is -2.40. The molecule has 0 spiro atoms. The van der Waals surface area contributed by atoms with Crippen molar-refractivity contribution >= 4 is 27.6 Å². The lowest BCUT2D eigenvalue weighted by molar-refractivity contribution is -0.0511. The van der Waals surface area contributed by atoms with Crippen LogP contribution in [0.5, 0.6) is 11.5 Å². The lowest BCUT2D eigenvalue weighted by atomic mass is 10.1. The Morgan fingerprint density at radius 3 is 2.28 bits per heavy atom. The summed E-state index contributed by atoms with van der Waals surface area (Å²) in [4.78, 5) is 24.7. The van der Waals surface area contributed by atoms with Gasteiger partial charge in [-0.15, -0.1) is 0 Å². The summed E-state index contributed by atoms with van der Waals surface area (Å²) in [5.41, 5.74) is -1.28. The summed E-state index contributed by atoms with van der Waals surface area (Å²) in [6, 6.07) is 4.16. The molecule has 1 heterocycles. The van der Waals surface area contributed by atoms with Gasteiger partial charge in [-0.1, -0.05) is 0 Å². The van der Waals surface area contributed by atoms with Crippen molar-refractivity contribution in [1.29, 1.82) is 0 Å². The number of nitrogens with one attached hydrogen (secondary N) is 2. The highest BCUT2D eigenvalue weighted by Crippen LogP contribution is 2.35. The largest absolute Gasteiger partial charge is 0.493 e. The second-order valence-electron chi connectivity index (χ2n) is 7.35. The number of anilines is 1. The summed E-state index contributed by atoms with van der Waals surface area (Å²) in [5.74, 6) is -2.94. The van der Waals surface area contributed by atoms with Crippen molar-refractivity contribution < 1.29 is 45.4 Å². The van der Waals surface area contributed by atoms with Crippen LogP contribution < -0.4 is 19.5 Å². The molecule has 13 heteroatoms. The maximum Gasteiger partial charge on any atom is 0.387 e. The molecule has 0 radical (unpaired) electrons. The fourth-order valence-corrected chi connectivity index (χ4v) is 3.87. The molecule has 0 aliphatic rings. The number of esters is 1. The van der Waals surface area contributed by atoms with Gasteiger partial charge in [0.25, 0.3) is 15.9 Å². The van der Waals surface area contributed by atoms with Crippen LogP contribution in [0.3, 0.4) is 0 Å². The first-order chi connectivity index (χ1) is 14.8. The zero-order valence-corrected chi connectivity index (χ0v) is 18.6. The second-order valence-corrected chi connectivity index (χ2v) is 8.96. The van der Waals surface area contributed by atoms with Crippen LogP contribution >= 0.6 is 0 Å². The molecule has 0 unspecified atom stereocenters. The summed E-state index contributed by atoms with van der Waals surface area (Å²) in [5, 5.41) is 1.78. The van der Waals surface area contributed by atoms with Crippen molar-refractivity contribution in [3.63, 3.8) is 0 Å². The smallest absolute Gasteiger partial charge is 0.387 e. The molecule has 2 aromatic rings. The van der Waals surface area contributed by atoms with Gasteiger partial charge in [-0.25, -0.2) is 17.9 Å². The molecule has 2 rings (SSSR count). The summed E-state index contributed by atoms with van der Waals surface area (Å²) < 4.78 is 71.6. The normalized spacial score (nSPS) is 11.9. The van der Waals surface area contributed by atoms with Crippen LogP contribution in [-0.2, 0) is 14.8 Å². The maximum atomic E-state index is 12.7. The molecular formula is C19H22F2N2O8S. The van der Waals surface area contributed by atoms with Gasteiger partial charge in [-0.05, 0) is 32.9 Å². The minimum Gasteiger partial charge on any atom is -0.493 e. The van der Waals surface area contributed by atoms with E-state index in [4.69, 9.17) is 9.15 Å². The van der Waals surface area contributed by atoms with Crippen LogP contribution in [0.2, 0.25) is 0 Å². The van der Waals surface area contributed by atoms with Crippen LogP contribution in [0.1, 0.15) is 41.7 Å². The van der Waals surface area contributed by atoms with E-state index in [1.165, 1.54) is 7.11 Å². The van der Waals surface area contributed by atoms with Crippen LogP contribution in [0.25, 0.3) is 0 Å². The number of benzene rings is 1. The van der Waals surface area contributed by atoms with Gasteiger partial charge in [0.1, 0.15) is 0 Å². The van der Waals surface area contributed by atoms with E-state index in [1.807, 2.05) is 0 Å². The van der Waals surface area contributed by atoms with E-state index >= 15 is 0 Å². The number of methoxy groups -OCH3 is 2. The van der Waals surface area contributed by atoms with Crippen LogP contribution in [0, 0.1) is 0 Å². The maximum absolute atomic E-state index is 12.7. The molecule has 0 bridgehead atoms. The van der Waals surface area contributed by atoms with Gasteiger partial charge < -0.3 is 23.9 Å². The van der Waals surface area contributed by atoms with Crippen molar-refractivity contribution in [3.05, 3.63) is 35.6 Å². The standard InChI is InChI=1S/C19H22F2N2O8S/c1-19(2,3)23-32(26,27)15-7-6-12(30-15)16(24)22-11-9-14(31-18(20)21)13(28-4)8-10(11)17(25)29-5/h6-9,18,23H,1-5H3,(H,22,24). The molecule has 32 heavy (non-hydrogen) atoms. The van der Waals surface area contributed by atoms with Crippen LogP contribution in [-0.4, -0.2) is 46.7 Å². The first-order valence-corrected chi connectivity index (χ1v) is 10.5.